The minimum atomic E-state index is -0.158. The van der Waals surface area contributed by atoms with Crippen molar-refractivity contribution in [1.29, 1.82) is 0 Å². The number of hydrogen-bond acceptors (Lipinski definition) is 5. The Balaban J connectivity index is 1.53. The third-order valence-electron chi connectivity index (χ3n) is 5.50. The van der Waals surface area contributed by atoms with E-state index in [0.717, 1.165) is 43.9 Å². The Morgan fingerprint density at radius 2 is 1.88 bits per heavy atom. The maximum Gasteiger partial charge on any atom is 0.160 e. The second kappa shape index (κ2) is 8.88. The predicted octanol–water partition coefficient (Wildman–Crippen LogP) is 2.64. The number of nitrogens with zero attached hydrogens (tertiary/aromatic N) is 1. The molecule has 0 amide bonds. The van der Waals surface area contributed by atoms with Crippen molar-refractivity contribution in [3.8, 4) is 11.5 Å². The van der Waals surface area contributed by atoms with E-state index >= 15 is 0 Å². The maximum absolute atomic E-state index is 9.83. The highest BCUT2D eigenvalue weighted by Crippen LogP contribution is 2.30. The van der Waals surface area contributed by atoms with Crippen molar-refractivity contribution in [2.45, 2.75) is 56.8 Å². The van der Waals surface area contributed by atoms with Crippen LogP contribution in [0.5, 0.6) is 11.5 Å². The standard InChI is InChI=1S/C20H31NO4/c1-23-19-8-7-15(13-20(19)24-2)10-12-25-18-6-4-3-5-17(18)21-11-9-16(22)14-21/h7-8,13,16-18,22H,3-6,9-12,14H2,1-2H3/t16-,17+,18+/m1/s1. The molecule has 3 rings (SSSR count). The summed E-state index contributed by atoms with van der Waals surface area (Å²) in [4.78, 5) is 2.44. The summed E-state index contributed by atoms with van der Waals surface area (Å²) in [5.74, 6) is 1.52. The van der Waals surface area contributed by atoms with Gasteiger partial charge in [-0.3, -0.25) is 4.90 Å². The molecular weight excluding hydrogens is 318 g/mol. The van der Waals surface area contributed by atoms with Gasteiger partial charge in [0, 0.05) is 19.1 Å². The number of aliphatic hydroxyl groups excluding tert-OH is 1. The Labute approximate surface area is 150 Å². The van der Waals surface area contributed by atoms with Gasteiger partial charge in [-0.2, -0.15) is 0 Å². The quantitative estimate of drug-likeness (QED) is 0.820. The average Bonchev–Trinajstić information content (AvgIpc) is 3.08. The van der Waals surface area contributed by atoms with E-state index in [9.17, 15) is 5.11 Å². The number of hydrogen-bond donors (Lipinski definition) is 1. The molecule has 0 spiro atoms. The van der Waals surface area contributed by atoms with Gasteiger partial charge in [0.1, 0.15) is 0 Å². The monoisotopic (exact) mass is 349 g/mol. The topological polar surface area (TPSA) is 51.2 Å². The van der Waals surface area contributed by atoms with Crippen molar-refractivity contribution in [3.63, 3.8) is 0 Å². The molecule has 0 bridgehead atoms. The molecular formula is C20H31NO4. The Bertz CT molecular complexity index is 550. The lowest BCUT2D eigenvalue weighted by Crippen LogP contribution is -2.46. The first-order valence-electron chi connectivity index (χ1n) is 9.46. The fraction of sp³-hybridized carbons (Fsp3) is 0.700. The highest BCUT2D eigenvalue weighted by molar-refractivity contribution is 5.42. The summed E-state index contributed by atoms with van der Waals surface area (Å²) in [5.41, 5.74) is 1.20. The molecule has 1 aliphatic heterocycles. The van der Waals surface area contributed by atoms with E-state index in [0.29, 0.717) is 18.8 Å². The highest BCUT2D eigenvalue weighted by Gasteiger charge is 2.34. The molecule has 3 atom stereocenters. The molecule has 0 radical (unpaired) electrons. The van der Waals surface area contributed by atoms with Crippen LogP contribution < -0.4 is 9.47 Å². The van der Waals surface area contributed by atoms with Crippen LogP contribution in [0.2, 0.25) is 0 Å². The second-order valence-corrected chi connectivity index (χ2v) is 7.14. The van der Waals surface area contributed by atoms with E-state index < -0.39 is 0 Å². The molecule has 2 aliphatic rings. The van der Waals surface area contributed by atoms with Crippen LogP contribution in [0.1, 0.15) is 37.7 Å². The van der Waals surface area contributed by atoms with E-state index in [1.807, 2.05) is 12.1 Å². The molecule has 1 aromatic carbocycles. The zero-order chi connectivity index (χ0) is 17.6. The van der Waals surface area contributed by atoms with Crippen LogP contribution in [0, 0.1) is 0 Å². The lowest BCUT2D eigenvalue weighted by molar-refractivity contribution is -0.0316. The molecule has 140 valence electrons. The van der Waals surface area contributed by atoms with Gasteiger partial charge in [-0.25, -0.2) is 0 Å². The number of methoxy groups -OCH3 is 2. The van der Waals surface area contributed by atoms with Crippen LogP contribution in [0.3, 0.4) is 0 Å². The second-order valence-electron chi connectivity index (χ2n) is 7.14. The summed E-state index contributed by atoms with van der Waals surface area (Å²) < 4.78 is 16.9. The zero-order valence-corrected chi connectivity index (χ0v) is 15.4. The zero-order valence-electron chi connectivity index (χ0n) is 15.4. The number of benzene rings is 1. The summed E-state index contributed by atoms with van der Waals surface area (Å²) >= 11 is 0. The van der Waals surface area contributed by atoms with E-state index in [1.54, 1.807) is 14.2 Å². The van der Waals surface area contributed by atoms with Crippen LogP contribution in [0.25, 0.3) is 0 Å². The number of aliphatic hydroxyl groups is 1. The minimum Gasteiger partial charge on any atom is -0.493 e. The Hall–Kier alpha value is -1.30. The molecule has 5 heteroatoms. The van der Waals surface area contributed by atoms with Crippen molar-refractivity contribution in [3.05, 3.63) is 23.8 Å². The van der Waals surface area contributed by atoms with Gasteiger partial charge in [-0.1, -0.05) is 18.9 Å². The first-order chi connectivity index (χ1) is 12.2. The molecule has 1 heterocycles. The molecule has 1 aliphatic carbocycles. The maximum atomic E-state index is 9.83. The summed E-state index contributed by atoms with van der Waals surface area (Å²) in [6.07, 6.45) is 6.73. The molecule has 2 fully saturated rings. The SMILES string of the molecule is COc1ccc(CCO[C@H]2CCCC[C@@H]2N2CC[C@@H](O)C2)cc1OC. The van der Waals surface area contributed by atoms with Crippen molar-refractivity contribution < 1.29 is 19.3 Å². The van der Waals surface area contributed by atoms with Gasteiger partial charge in [0.15, 0.2) is 11.5 Å². The van der Waals surface area contributed by atoms with Gasteiger partial charge in [-0.15, -0.1) is 0 Å². The number of likely N-dealkylation sites (tertiary alicyclic amines) is 1. The third-order valence-corrected chi connectivity index (χ3v) is 5.50. The molecule has 1 saturated heterocycles. The fourth-order valence-electron chi connectivity index (χ4n) is 4.12. The van der Waals surface area contributed by atoms with Crippen molar-refractivity contribution in [1.82, 2.24) is 4.90 Å². The predicted molar refractivity (Wildman–Crippen MR) is 97.4 cm³/mol. The largest absolute Gasteiger partial charge is 0.493 e. The number of ether oxygens (including phenoxy) is 3. The van der Waals surface area contributed by atoms with Gasteiger partial charge in [-0.05, 0) is 43.4 Å². The molecule has 0 aromatic heterocycles. The fourth-order valence-corrected chi connectivity index (χ4v) is 4.12. The smallest absolute Gasteiger partial charge is 0.160 e. The van der Waals surface area contributed by atoms with Crippen LogP contribution in [0.15, 0.2) is 18.2 Å². The van der Waals surface area contributed by atoms with Gasteiger partial charge >= 0.3 is 0 Å². The van der Waals surface area contributed by atoms with Gasteiger partial charge in [0.2, 0.25) is 0 Å². The Morgan fingerprint density at radius 1 is 1.08 bits per heavy atom. The first kappa shape index (κ1) is 18.5. The Kier molecular flexibility index (Phi) is 6.57. The van der Waals surface area contributed by atoms with Crippen LogP contribution in [-0.2, 0) is 11.2 Å². The average molecular weight is 349 g/mol. The van der Waals surface area contributed by atoms with Gasteiger partial charge in [0.25, 0.3) is 0 Å². The van der Waals surface area contributed by atoms with Crippen molar-refractivity contribution in [2.75, 3.05) is 33.9 Å². The molecule has 0 unspecified atom stereocenters. The summed E-state index contributed by atoms with van der Waals surface area (Å²) in [5, 5.41) is 9.83. The lowest BCUT2D eigenvalue weighted by atomic mass is 9.91. The number of rotatable bonds is 7. The molecule has 1 saturated carbocycles. The van der Waals surface area contributed by atoms with E-state index in [2.05, 4.69) is 11.0 Å². The lowest BCUT2D eigenvalue weighted by Gasteiger charge is -2.37. The van der Waals surface area contributed by atoms with Crippen LogP contribution >= 0.6 is 0 Å². The first-order valence-corrected chi connectivity index (χ1v) is 9.46. The van der Waals surface area contributed by atoms with E-state index in [1.165, 1.54) is 24.8 Å². The van der Waals surface area contributed by atoms with Crippen molar-refractivity contribution >= 4 is 0 Å². The van der Waals surface area contributed by atoms with Crippen molar-refractivity contribution in [2.24, 2.45) is 0 Å². The van der Waals surface area contributed by atoms with Crippen LogP contribution in [-0.4, -0.2) is 62.2 Å². The summed E-state index contributed by atoms with van der Waals surface area (Å²) in [6.45, 7) is 2.52. The molecule has 5 nitrogen and oxygen atoms in total. The third kappa shape index (κ3) is 4.66. The van der Waals surface area contributed by atoms with Crippen LogP contribution in [0.4, 0.5) is 0 Å². The summed E-state index contributed by atoms with van der Waals surface area (Å²) in [7, 11) is 3.31. The highest BCUT2D eigenvalue weighted by atomic mass is 16.5. The molecule has 1 N–H and O–H groups in total. The normalized spacial score (nSPS) is 27.4. The van der Waals surface area contributed by atoms with E-state index in [-0.39, 0.29) is 6.10 Å². The van der Waals surface area contributed by atoms with E-state index in [4.69, 9.17) is 14.2 Å². The van der Waals surface area contributed by atoms with Gasteiger partial charge in [0.05, 0.1) is 33.0 Å². The number of β-amino-alcohol motifs (C(OH)–C–C–N with tert-alkyl or cyclic N) is 1. The summed E-state index contributed by atoms with van der Waals surface area (Å²) in [6, 6.07) is 6.51. The molecule has 25 heavy (non-hydrogen) atoms. The minimum absolute atomic E-state index is 0.158. The van der Waals surface area contributed by atoms with Gasteiger partial charge < -0.3 is 19.3 Å². The molecule has 1 aromatic rings. The Morgan fingerprint density at radius 3 is 2.60 bits per heavy atom.